The Kier molecular flexibility index (Phi) is 3.16. The molecule has 0 spiro atoms. The Hall–Kier alpha value is -2.37. The first-order chi connectivity index (χ1) is 10.0. The van der Waals surface area contributed by atoms with Crippen LogP contribution < -0.4 is 5.32 Å². The molecule has 0 bridgehead atoms. The van der Waals surface area contributed by atoms with Gasteiger partial charge in [0.05, 0.1) is 23.9 Å². The summed E-state index contributed by atoms with van der Waals surface area (Å²) in [6.45, 7) is 2.93. The molecule has 0 saturated carbocycles. The third-order valence-corrected chi connectivity index (χ3v) is 4.02. The van der Waals surface area contributed by atoms with Crippen LogP contribution in [0.2, 0.25) is 0 Å². The van der Waals surface area contributed by atoms with Gasteiger partial charge in [0.25, 0.3) is 5.91 Å². The monoisotopic (exact) mass is 289 g/mol. The van der Waals surface area contributed by atoms with Crippen molar-refractivity contribution in [2.75, 3.05) is 20.1 Å². The normalized spacial score (nSPS) is 21.8. The topological polar surface area (TPSA) is 52.7 Å². The predicted molar refractivity (Wildman–Crippen MR) is 74.7 cm³/mol. The molecular weight excluding hydrogens is 273 g/mol. The van der Waals surface area contributed by atoms with E-state index in [1.807, 2.05) is 6.92 Å². The molecule has 0 fully saturated rings. The number of benzene rings is 1. The first-order valence-electron chi connectivity index (χ1n) is 6.85. The van der Waals surface area contributed by atoms with Crippen molar-refractivity contribution in [1.82, 2.24) is 15.1 Å². The van der Waals surface area contributed by atoms with Gasteiger partial charge in [-0.3, -0.25) is 9.69 Å². The molecule has 1 N–H and O–H groups in total. The van der Waals surface area contributed by atoms with Gasteiger partial charge in [0.1, 0.15) is 5.82 Å². The van der Waals surface area contributed by atoms with Crippen molar-refractivity contribution in [3.05, 3.63) is 46.9 Å². The van der Waals surface area contributed by atoms with Crippen molar-refractivity contribution in [2.45, 2.75) is 13.0 Å². The molecule has 2 aliphatic rings. The molecule has 0 aromatic heterocycles. The minimum absolute atomic E-state index is 0.0753. The van der Waals surface area contributed by atoms with E-state index in [0.717, 1.165) is 5.70 Å². The van der Waals surface area contributed by atoms with E-state index < -0.39 is 6.04 Å². The van der Waals surface area contributed by atoms with Gasteiger partial charge >= 0.3 is 6.03 Å². The second-order valence-corrected chi connectivity index (χ2v) is 5.17. The van der Waals surface area contributed by atoms with Crippen LogP contribution in [-0.2, 0) is 4.79 Å². The number of likely N-dealkylation sites (N-methyl/N-ethyl adjacent to an activating group) is 2. The lowest BCUT2D eigenvalue weighted by molar-refractivity contribution is -0.125. The summed E-state index contributed by atoms with van der Waals surface area (Å²) >= 11 is 0. The third kappa shape index (κ3) is 2.07. The fraction of sp³-hybridized carbons (Fsp3) is 0.333. The van der Waals surface area contributed by atoms with Crippen LogP contribution in [0.3, 0.4) is 0 Å². The minimum Gasteiger partial charge on any atom is -0.333 e. The second-order valence-electron chi connectivity index (χ2n) is 5.17. The number of halogens is 1. The fourth-order valence-corrected chi connectivity index (χ4v) is 2.78. The van der Waals surface area contributed by atoms with Gasteiger partial charge in [-0.05, 0) is 24.6 Å². The van der Waals surface area contributed by atoms with Gasteiger partial charge in [0, 0.05) is 13.6 Å². The Bertz CT molecular complexity index is 639. The molecule has 6 heteroatoms. The summed E-state index contributed by atoms with van der Waals surface area (Å²) in [5.74, 6) is -0.422. The highest BCUT2D eigenvalue weighted by Gasteiger charge is 2.42. The Balaban J connectivity index is 2.06. The largest absolute Gasteiger partial charge is 0.333 e. The van der Waals surface area contributed by atoms with Crippen molar-refractivity contribution in [3.8, 4) is 0 Å². The van der Waals surface area contributed by atoms with Gasteiger partial charge in [0.15, 0.2) is 0 Å². The number of urea groups is 1. The van der Waals surface area contributed by atoms with Crippen molar-refractivity contribution < 1.29 is 14.0 Å². The number of hydrogen-bond donors (Lipinski definition) is 1. The van der Waals surface area contributed by atoms with Crippen LogP contribution in [0, 0.1) is 5.82 Å². The summed E-state index contributed by atoms with van der Waals surface area (Å²) in [5, 5.41) is 2.81. The number of carbonyl (C=O) groups excluding carboxylic acids is 2. The van der Waals surface area contributed by atoms with E-state index in [-0.39, 0.29) is 17.8 Å². The average molecular weight is 289 g/mol. The molecule has 1 atom stereocenters. The van der Waals surface area contributed by atoms with Crippen LogP contribution in [0.5, 0.6) is 0 Å². The highest BCUT2D eigenvalue weighted by atomic mass is 19.1. The van der Waals surface area contributed by atoms with Gasteiger partial charge in [-0.25, -0.2) is 9.18 Å². The summed E-state index contributed by atoms with van der Waals surface area (Å²) in [4.78, 5) is 27.7. The lowest BCUT2D eigenvalue weighted by Crippen LogP contribution is -2.45. The number of hydrogen-bond acceptors (Lipinski definition) is 2. The lowest BCUT2D eigenvalue weighted by Gasteiger charge is -2.31. The van der Waals surface area contributed by atoms with Crippen molar-refractivity contribution in [3.63, 3.8) is 0 Å². The number of nitrogens with one attached hydrogen (secondary N) is 1. The van der Waals surface area contributed by atoms with E-state index in [4.69, 9.17) is 0 Å². The smallest absolute Gasteiger partial charge is 0.322 e. The molecule has 2 heterocycles. The lowest BCUT2D eigenvalue weighted by atomic mass is 9.96. The maximum absolute atomic E-state index is 13.1. The number of carbonyl (C=O) groups is 2. The van der Waals surface area contributed by atoms with Crippen LogP contribution in [0.25, 0.3) is 0 Å². The van der Waals surface area contributed by atoms with Crippen LogP contribution >= 0.6 is 0 Å². The fourth-order valence-electron chi connectivity index (χ4n) is 2.78. The molecule has 0 saturated heterocycles. The SMILES string of the molecule is CCN1CC2=C(C1=O)[C@H](c1ccc(F)cc1)NC(=O)N2C. The summed E-state index contributed by atoms with van der Waals surface area (Å²) in [5.41, 5.74) is 2.00. The van der Waals surface area contributed by atoms with Crippen molar-refractivity contribution >= 4 is 11.9 Å². The molecule has 2 aliphatic heterocycles. The third-order valence-electron chi connectivity index (χ3n) is 4.02. The summed E-state index contributed by atoms with van der Waals surface area (Å²) in [6, 6.07) is 5.08. The van der Waals surface area contributed by atoms with E-state index in [0.29, 0.717) is 24.2 Å². The molecular formula is C15H16FN3O2. The highest BCUT2D eigenvalue weighted by Crippen LogP contribution is 2.35. The maximum atomic E-state index is 13.1. The first kappa shape index (κ1) is 13.6. The van der Waals surface area contributed by atoms with Gasteiger partial charge in [-0.15, -0.1) is 0 Å². The summed E-state index contributed by atoms with van der Waals surface area (Å²) in [7, 11) is 1.65. The molecule has 3 rings (SSSR count). The zero-order valence-corrected chi connectivity index (χ0v) is 11.9. The van der Waals surface area contributed by atoms with Gasteiger partial charge < -0.3 is 10.2 Å². The predicted octanol–water partition coefficient (Wildman–Crippen LogP) is 1.64. The molecule has 0 aliphatic carbocycles. The van der Waals surface area contributed by atoms with Crippen LogP contribution in [0.1, 0.15) is 18.5 Å². The highest BCUT2D eigenvalue weighted by molar-refractivity contribution is 6.01. The Labute approximate surface area is 122 Å². The summed E-state index contributed by atoms with van der Waals surface area (Å²) < 4.78 is 13.1. The zero-order chi connectivity index (χ0) is 15.1. The first-order valence-corrected chi connectivity index (χ1v) is 6.85. The maximum Gasteiger partial charge on any atom is 0.322 e. The van der Waals surface area contributed by atoms with E-state index in [2.05, 4.69) is 5.32 Å². The molecule has 110 valence electrons. The van der Waals surface area contributed by atoms with Crippen molar-refractivity contribution in [1.29, 1.82) is 0 Å². The number of amides is 3. The Morgan fingerprint density at radius 3 is 2.57 bits per heavy atom. The van der Waals surface area contributed by atoms with Crippen LogP contribution in [-0.4, -0.2) is 41.9 Å². The number of nitrogens with zero attached hydrogens (tertiary/aromatic N) is 2. The Morgan fingerprint density at radius 1 is 1.29 bits per heavy atom. The number of rotatable bonds is 2. The molecule has 3 amide bonds. The quantitative estimate of drug-likeness (QED) is 0.900. The molecule has 1 aromatic carbocycles. The van der Waals surface area contributed by atoms with E-state index in [1.165, 1.54) is 17.0 Å². The molecule has 5 nitrogen and oxygen atoms in total. The van der Waals surface area contributed by atoms with Crippen LogP contribution in [0.15, 0.2) is 35.5 Å². The van der Waals surface area contributed by atoms with Crippen LogP contribution in [0.4, 0.5) is 9.18 Å². The van der Waals surface area contributed by atoms with E-state index >= 15 is 0 Å². The zero-order valence-electron chi connectivity index (χ0n) is 11.9. The van der Waals surface area contributed by atoms with E-state index in [9.17, 15) is 14.0 Å². The molecule has 21 heavy (non-hydrogen) atoms. The van der Waals surface area contributed by atoms with Gasteiger partial charge in [-0.1, -0.05) is 12.1 Å². The second kappa shape index (κ2) is 4.87. The average Bonchev–Trinajstić information content (AvgIpc) is 2.81. The molecule has 0 unspecified atom stereocenters. The molecule has 1 aromatic rings. The van der Waals surface area contributed by atoms with Gasteiger partial charge in [-0.2, -0.15) is 0 Å². The minimum atomic E-state index is -0.520. The standard InChI is InChI=1S/C15H16FN3O2/c1-3-19-8-11-12(14(19)20)13(17-15(21)18(11)2)9-4-6-10(16)7-5-9/h4-7,13H,3,8H2,1-2H3,(H,17,21)/t13-/m0/s1. The summed E-state index contributed by atoms with van der Waals surface area (Å²) in [6.07, 6.45) is 0. The molecule has 0 radical (unpaired) electrons. The Morgan fingerprint density at radius 2 is 1.95 bits per heavy atom. The van der Waals surface area contributed by atoms with Crippen molar-refractivity contribution in [2.24, 2.45) is 0 Å². The van der Waals surface area contributed by atoms with E-state index in [1.54, 1.807) is 24.1 Å². The van der Waals surface area contributed by atoms with Gasteiger partial charge in [0.2, 0.25) is 0 Å².